The minimum absolute atomic E-state index is 0.00772. The van der Waals surface area contributed by atoms with Crippen LogP contribution in [-0.4, -0.2) is 87.8 Å². The van der Waals surface area contributed by atoms with Gasteiger partial charge in [-0.05, 0) is 47.4 Å². The second-order valence-electron chi connectivity index (χ2n) is 11.9. The molecule has 1 fully saturated rings. The molecule has 0 saturated carbocycles. The summed E-state index contributed by atoms with van der Waals surface area (Å²) in [4.78, 5) is 29.4. The van der Waals surface area contributed by atoms with Crippen molar-refractivity contribution in [3.05, 3.63) is 95.1 Å². The Labute approximate surface area is 272 Å². The first kappa shape index (κ1) is 33.0. The van der Waals surface area contributed by atoms with Crippen LogP contribution >= 0.6 is 0 Å². The van der Waals surface area contributed by atoms with Gasteiger partial charge in [0.15, 0.2) is 0 Å². The normalized spacial score (nSPS) is 17.4. The van der Waals surface area contributed by atoms with E-state index in [2.05, 4.69) is 17.4 Å². The number of rotatable bonds is 14. The topological polar surface area (TPSA) is 89.6 Å². The summed E-state index contributed by atoms with van der Waals surface area (Å²) >= 11 is 0. The number of carbonyl (C=O) groups is 2. The van der Waals surface area contributed by atoms with E-state index in [-0.39, 0.29) is 30.3 Å². The van der Waals surface area contributed by atoms with Crippen LogP contribution in [0.1, 0.15) is 36.5 Å². The second kappa shape index (κ2) is 15.8. The summed E-state index contributed by atoms with van der Waals surface area (Å²) < 4.78 is 22.7. The molecule has 2 atom stereocenters. The lowest BCUT2D eigenvalue weighted by molar-refractivity contribution is -0.131. The maximum Gasteiger partial charge on any atom is 0.227 e. The summed E-state index contributed by atoms with van der Waals surface area (Å²) in [6, 6.07) is 23.8. The van der Waals surface area contributed by atoms with E-state index in [0.29, 0.717) is 45.2 Å². The van der Waals surface area contributed by atoms with Gasteiger partial charge in [0.1, 0.15) is 17.2 Å². The van der Waals surface area contributed by atoms with Crippen LogP contribution in [0.5, 0.6) is 17.2 Å². The number of nitrogens with zero attached hydrogens (tertiary/aromatic N) is 2. The fourth-order valence-corrected chi connectivity index (χ4v) is 6.24. The Hall–Kier alpha value is -4.34. The maximum absolute atomic E-state index is 13.4. The molecule has 2 aliphatic heterocycles. The van der Waals surface area contributed by atoms with E-state index >= 15 is 0 Å². The minimum Gasteiger partial charge on any atom is -0.496 e. The van der Waals surface area contributed by atoms with Crippen molar-refractivity contribution < 1.29 is 28.5 Å². The number of ether oxygens (including phenoxy) is 4. The van der Waals surface area contributed by atoms with Gasteiger partial charge in [0, 0.05) is 63.2 Å². The standard InChI is InChI=1S/C37H45N3O6/c1-26(41)40-22-30-21-32(33(34(24-40)38-30)23-39(2)37(42)20-28-10-5-7-12-35(28)43-3)27-14-16-31(17-15-27)46-19-9-18-45-25-29-11-6-8-13-36(29)44-4/h5-8,10-17,30,34,38H,9,18-25H2,1-4H3/t30-,34-/m1/s1. The van der Waals surface area contributed by atoms with Crippen molar-refractivity contribution in [1.29, 1.82) is 0 Å². The van der Waals surface area contributed by atoms with Crippen LogP contribution < -0.4 is 19.5 Å². The van der Waals surface area contributed by atoms with Crippen LogP contribution in [0.3, 0.4) is 0 Å². The van der Waals surface area contributed by atoms with Crippen LogP contribution in [0.2, 0.25) is 0 Å². The average molecular weight is 628 g/mol. The SMILES string of the molecule is COc1ccccc1COCCCOc1ccc(C2=C(CN(C)C(=O)Cc3ccccc3OC)[C@H]3CN(C(C)=O)C[C@@H](C2)N3)cc1. The number of carbonyl (C=O) groups excluding carboxylic acids is 2. The van der Waals surface area contributed by atoms with E-state index < -0.39 is 0 Å². The van der Waals surface area contributed by atoms with Gasteiger partial charge in [-0.3, -0.25) is 9.59 Å². The summed E-state index contributed by atoms with van der Waals surface area (Å²) in [6.07, 6.45) is 1.79. The molecule has 2 heterocycles. The van der Waals surface area contributed by atoms with Gasteiger partial charge in [0.2, 0.25) is 11.8 Å². The first-order valence-electron chi connectivity index (χ1n) is 15.9. The number of fused-ring (bicyclic) bond motifs is 2. The van der Waals surface area contributed by atoms with Crippen LogP contribution in [-0.2, 0) is 27.4 Å². The molecule has 2 bridgehead atoms. The fourth-order valence-electron chi connectivity index (χ4n) is 6.24. The number of methoxy groups -OCH3 is 2. The Morgan fingerprint density at radius 1 is 0.891 bits per heavy atom. The van der Waals surface area contributed by atoms with Gasteiger partial charge < -0.3 is 34.1 Å². The fraction of sp³-hybridized carbons (Fsp3) is 0.405. The molecule has 0 radical (unpaired) electrons. The monoisotopic (exact) mass is 627 g/mol. The zero-order chi connectivity index (χ0) is 32.5. The second-order valence-corrected chi connectivity index (χ2v) is 11.9. The lowest BCUT2D eigenvalue weighted by Crippen LogP contribution is -2.61. The molecule has 3 aromatic rings. The molecular weight excluding hydrogens is 582 g/mol. The van der Waals surface area contributed by atoms with Crippen LogP contribution in [0.4, 0.5) is 0 Å². The van der Waals surface area contributed by atoms with Crippen molar-refractivity contribution in [1.82, 2.24) is 15.1 Å². The number of likely N-dealkylation sites (N-methyl/N-ethyl adjacent to an activating group) is 1. The summed E-state index contributed by atoms with van der Waals surface area (Å²) in [7, 11) is 5.13. The Kier molecular flexibility index (Phi) is 11.3. The van der Waals surface area contributed by atoms with E-state index in [1.165, 1.54) is 5.57 Å². The highest BCUT2D eigenvalue weighted by Gasteiger charge is 2.37. The molecule has 3 aromatic carbocycles. The molecule has 0 aliphatic carbocycles. The molecule has 0 aromatic heterocycles. The number of amides is 2. The third-order valence-corrected chi connectivity index (χ3v) is 8.71. The minimum atomic E-state index is -0.0281. The highest BCUT2D eigenvalue weighted by Crippen LogP contribution is 2.34. The van der Waals surface area contributed by atoms with Crippen LogP contribution in [0.25, 0.3) is 5.57 Å². The molecule has 2 amide bonds. The first-order valence-corrected chi connectivity index (χ1v) is 15.9. The van der Waals surface area contributed by atoms with Crippen molar-refractivity contribution in [2.45, 2.75) is 44.9 Å². The van der Waals surface area contributed by atoms with E-state index in [4.69, 9.17) is 18.9 Å². The van der Waals surface area contributed by atoms with Crippen molar-refractivity contribution in [3.63, 3.8) is 0 Å². The molecule has 244 valence electrons. The summed E-state index contributed by atoms with van der Waals surface area (Å²) in [5, 5.41) is 3.72. The molecule has 1 saturated heterocycles. The van der Waals surface area contributed by atoms with E-state index in [0.717, 1.165) is 46.6 Å². The Balaban J connectivity index is 1.23. The van der Waals surface area contributed by atoms with Gasteiger partial charge >= 0.3 is 0 Å². The van der Waals surface area contributed by atoms with E-state index in [1.807, 2.05) is 72.6 Å². The van der Waals surface area contributed by atoms with Gasteiger partial charge in [-0.25, -0.2) is 0 Å². The summed E-state index contributed by atoms with van der Waals surface area (Å²) in [5.74, 6) is 2.42. The van der Waals surface area contributed by atoms with Gasteiger partial charge in [-0.2, -0.15) is 0 Å². The Morgan fingerprint density at radius 3 is 2.26 bits per heavy atom. The van der Waals surface area contributed by atoms with Gasteiger partial charge in [0.05, 0.1) is 40.5 Å². The van der Waals surface area contributed by atoms with Gasteiger partial charge in [-0.1, -0.05) is 48.5 Å². The Bertz CT molecular complexity index is 1520. The molecule has 9 heteroatoms. The molecule has 5 rings (SSSR count). The third-order valence-electron chi connectivity index (χ3n) is 8.71. The number of hydrogen-bond donors (Lipinski definition) is 1. The third kappa shape index (κ3) is 8.27. The van der Waals surface area contributed by atoms with Crippen molar-refractivity contribution in [3.8, 4) is 17.2 Å². The molecule has 2 aliphatic rings. The molecule has 1 N–H and O–H groups in total. The lowest BCUT2D eigenvalue weighted by Gasteiger charge is -2.45. The number of benzene rings is 3. The summed E-state index contributed by atoms with van der Waals surface area (Å²) in [5.41, 5.74) is 5.36. The predicted molar refractivity (Wildman–Crippen MR) is 178 cm³/mol. The highest BCUT2D eigenvalue weighted by atomic mass is 16.5. The molecule has 46 heavy (non-hydrogen) atoms. The zero-order valence-electron chi connectivity index (χ0n) is 27.3. The molecular formula is C37H45N3O6. The van der Waals surface area contributed by atoms with Crippen molar-refractivity contribution in [2.75, 3.05) is 54.1 Å². The van der Waals surface area contributed by atoms with Gasteiger partial charge in [-0.15, -0.1) is 0 Å². The lowest BCUT2D eigenvalue weighted by atomic mass is 9.83. The number of piperazine rings is 1. The highest BCUT2D eigenvalue weighted by molar-refractivity contribution is 5.81. The van der Waals surface area contributed by atoms with Crippen LogP contribution in [0, 0.1) is 0 Å². The van der Waals surface area contributed by atoms with E-state index in [9.17, 15) is 9.59 Å². The number of para-hydroxylation sites is 2. The quantitative estimate of drug-likeness (QED) is 0.259. The average Bonchev–Trinajstić information content (AvgIpc) is 3.07. The maximum atomic E-state index is 13.4. The predicted octanol–water partition coefficient (Wildman–Crippen LogP) is 4.74. The number of hydrogen-bond acceptors (Lipinski definition) is 7. The molecule has 0 spiro atoms. The van der Waals surface area contributed by atoms with Crippen LogP contribution in [0.15, 0.2) is 78.4 Å². The number of nitrogens with one attached hydrogen (secondary N) is 1. The smallest absolute Gasteiger partial charge is 0.227 e. The van der Waals surface area contributed by atoms with Crippen molar-refractivity contribution in [2.24, 2.45) is 0 Å². The summed E-state index contributed by atoms with van der Waals surface area (Å²) in [6.45, 7) is 4.98. The molecule has 0 unspecified atom stereocenters. The largest absolute Gasteiger partial charge is 0.496 e. The zero-order valence-corrected chi connectivity index (χ0v) is 27.3. The van der Waals surface area contributed by atoms with Gasteiger partial charge in [0.25, 0.3) is 0 Å². The van der Waals surface area contributed by atoms with E-state index in [1.54, 1.807) is 26.0 Å². The first-order chi connectivity index (χ1) is 22.4. The molecule has 9 nitrogen and oxygen atoms in total. The van der Waals surface area contributed by atoms with Crippen molar-refractivity contribution >= 4 is 17.4 Å². The Morgan fingerprint density at radius 2 is 1.57 bits per heavy atom.